The minimum Gasteiger partial charge on any atom is -0.192 e. The second-order valence-corrected chi connectivity index (χ2v) is 15.9. The predicted molar refractivity (Wildman–Crippen MR) is 233 cm³/mol. The van der Waals surface area contributed by atoms with Crippen molar-refractivity contribution in [2.45, 2.75) is 25.5 Å². The average Bonchev–Trinajstić information content (AvgIpc) is 3.78. The van der Waals surface area contributed by atoms with Crippen LogP contribution in [0.5, 0.6) is 0 Å². The fraction of sp³-hybridized carbons (Fsp3) is 0.0741. The molecule has 0 aromatic heterocycles. The van der Waals surface area contributed by atoms with Crippen molar-refractivity contribution in [2.24, 2.45) is 0 Å². The molecular weight excluding hydrogens is 876 g/mol. The molecule has 2 aliphatic carbocycles. The van der Waals surface area contributed by atoms with Gasteiger partial charge in [-0.1, -0.05) is 66.2 Å². The van der Waals surface area contributed by atoms with Gasteiger partial charge in [0.2, 0.25) is 0 Å². The highest BCUT2D eigenvalue weighted by Gasteiger charge is 2.37. The molecule has 2 aliphatic rings. The standard InChI is InChI=1S/C54H25F9N4/c1-28-2-4-29(5-3-28)40-20-46-42(18-38(40)30-6-12-35(13-7-30)52(55,56)57)44-22-45-43-19-39(31-8-14-36(15-9-31)53(58,59)60)41(32-10-16-37(17-11-32)54(61,62)63)21-47(43)51(34(26-66)27-67)49(45)23-48(44)50(46)33(24-64)25-65/h2-23H,1H3. The maximum Gasteiger partial charge on any atom is 0.416 e. The van der Waals surface area contributed by atoms with E-state index >= 15 is 0 Å². The first-order valence-electron chi connectivity index (χ1n) is 20.1. The molecule has 9 rings (SSSR count). The van der Waals surface area contributed by atoms with E-state index in [-0.39, 0.29) is 39.0 Å². The summed E-state index contributed by atoms with van der Waals surface area (Å²) in [7, 11) is 0. The van der Waals surface area contributed by atoms with Crippen LogP contribution in [-0.4, -0.2) is 0 Å². The number of hydrogen-bond donors (Lipinski definition) is 0. The van der Waals surface area contributed by atoms with Crippen molar-refractivity contribution in [3.63, 3.8) is 0 Å². The summed E-state index contributed by atoms with van der Waals surface area (Å²) in [5.74, 6) is 0. The fourth-order valence-electron chi connectivity index (χ4n) is 8.82. The van der Waals surface area contributed by atoms with Crippen LogP contribution in [0.25, 0.3) is 77.9 Å². The molecule has 67 heavy (non-hydrogen) atoms. The third-order valence-electron chi connectivity index (χ3n) is 12.0. The Morgan fingerprint density at radius 3 is 0.761 bits per heavy atom. The summed E-state index contributed by atoms with van der Waals surface area (Å²) < 4.78 is 124. The monoisotopic (exact) mass is 900 g/mol. The Labute approximate surface area is 376 Å². The van der Waals surface area contributed by atoms with Crippen molar-refractivity contribution in [2.75, 3.05) is 0 Å². The smallest absolute Gasteiger partial charge is 0.192 e. The number of aryl methyl sites for hydroxylation is 1. The molecule has 0 unspecified atom stereocenters. The lowest BCUT2D eigenvalue weighted by Gasteiger charge is -2.16. The van der Waals surface area contributed by atoms with E-state index in [0.717, 1.165) is 42.0 Å². The summed E-state index contributed by atoms with van der Waals surface area (Å²) in [4.78, 5) is 0. The van der Waals surface area contributed by atoms with E-state index in [1.165, 1.54) is 36.4 Å². The van der Waals surface area contributed by atoms with Crippen molar-refractivity contribution in [3.8, 4) is 91.0 Å². The Kier molecular flexibility index (Phi) is 10.3. The van der Waals surface area contributed by atoms with E-state index in [0.29, 0.717) is 72.3 Å². The molecule has 0 aliphatic heterocycles. The molecule has 0 atom stereocenters. The Morgan fingerprint density at radius 2 is 0.522 bits per heavy atom. The van der Waals surface area contributed by atoms with E-state index < -0.39 is 35.2 Å². The number of nitriles is 4. The Balaban J connectivity index is 1.35. The SMILES string of the molecule is Cc1ccc(-c2cc3c(cc2-c2ccc(C(F)(F)F)cc2)-c2cc4c(cc2C3=C(C#N)C#N)C(=C(C#N)C#N)c2cc(-c3ccc(C(F)(F)F)cc3)c(-c3ccc(C(F)(F)F)cc3)cc2-4)cc1. The zero-order valence-electron chi connectivity index (χ0n) is 34.4. The van der Waals surface area contributed by atoms with Gasteiger partial charge in [0, 0.05) is 11.1 Å². The molecule has 4 nitrogen and oxygen atoms in total. The Hall–Kier alpha value is -8.65. The third-order valence-corrected chi connectivity index (χ3v) is 12.0. The molecule has 0 radical (unpaired) electrons. The molecule has 0 saturated heterocycles. The molecule has 0 amide bonds. The van der Waals surface area contributed by atoms with Gasteiger partial charge in [0.1, 0.15) is 35.4 Å². The summed E-state index contributed by atoms with van der Waals surface area (Å²) in [6.45, 7) is 1.89. The van der Waals surface area contributed by atoms with Gasteiger partial charge in [0.05, 0.1) is 16.7 Å². The number of nitrogens with zero attached hydrogens (tertiary/aromatic N) is 4. The van der Waals surface area contributed by atoms with E-state index in [9.17, 15) is 60.6 Å². The molecule has 0 bridgehead atoms. The normalized spacial score (nSPS) is 12.5. The summed E-state index contributed by atoms with van der Waals surface area (Å²) in [5, 5.41) is 41.5. The zero-order chi connectivity index (χ0) is 47.7. The van der Waals surface area contributed by atoms with E-state index in [1.54, 1.807) is 36.4 Å². The van der Waals surface area contributed by atoms with Gasteiger partial charge >= 0.3 is 18.5 Å². The van der Waals surface area contributed by atoms with Gasteiger partial charge in [-0.2, -0.15) is 60.6 Å². The molecule has 0 fully saturated rings. The predicted octanol–water partition coefficient (Wildman–Crippen LogP) is 15.4. The first kappa shape index (κ1) is 43.6. The Bertz CT molecular complexity index is 3440. The first-order valence-corrected chi connectivity index (χ1v) is 20.1. The van der Waals surface area contributed by atoms with Crippen LogP contribution in [0.1, 0.15) is 44.5 Å². The van der Waals surface area contributed by atoms with E-state index in [1.807, 2.05) is 55.5 Å². The highest BCUT2D eigenvalue weighted by atomic mass is 19.4. The van der Waals surface area contributed by atoms with Crippen LogP contribution in [0.3, 0.4) is 0 Å². The topological polar surface area (TPSA) is 95.2 Å². The molecule has 0 N–H and O–H groups in total. The van der Waals surface area contributed by atoms with Crippen LogP contribution in [0.2, 0.25) is 0 Å². The van der Waals surface area contributed by atoms with Crippen LogP contribution in [0, 0.1) is 52.2 Å². The molecular formula is C54H25F9N4. The maximum atomic E-state index is 13.7. The number of fused-ring (bicyclic) bond motifs is 6. The first-order chi connectivity index (χ1) is 31.8. The zero-order valence-corrected chi connectivity index (χ0v) is 34.4. The van der Waals surface area contributed by atoms with Gasteiger partial charge in [0.25, 0.3) is 0 Å². The van der Waals surface area contributed by atoms with Crippen molar-refractivity contribution >= 4 is 11.1 Å². The van der Waals surface area contributed by atoms with Gasteiger partial charge in [-0.3, -0.25) is 0 Å². The highest BCUT2D eigenvalue weighted by Crippen LogP contribution is 2.56. The highest BCUT2D eigenvalue weighted by molar-refractivity contribution is 6.13. The molecule has 7 aromatic carbocycles. The van der Waals surface area contributed by atoms with Crippen molar-refractivity contribution in [1.82, 2.24) is 0 Å². The van der Waals surface area contributed by atoms with Crippen LogP contribution in [0.4, 0.5) is 39.5 Å². The molecule has 0 heterocycles. The van der Waals surface area contributed by atoms with Gasteiger partial charge < -0.3 is 0 Å². The van der Waals surface area contributed by atoms with Crippen LogP contribution in [-0.2, 0) is 18.5 Å². The minimum absolute atomic E-state index is 0.126. The molecule has 13 heteroatoms. The molecule has 324 valence electrons. The summed E-state index contributed by atoms with van der Waals surface area (Å²) in [5.41, 5.74) is 4.39. The summed E-state index contributed by atoms with van der Waals surface area (Å²) >= 11 is 0. The van der Waals surface area contributed by atoms with Gasteiger partial charge in [-0.05, 0) is 169 Å². The lowest BCUT2D eigenvalue weighted by molar-refractivity contribution is -0.138. The molecule has 0 spiro atoms. The number of benzene rings is 7. The summed E-state index contributed by atoms with van der Waals surface area (Å²) in [6, 6.07) is 38.3. The number of rotatable bonds is 4. The average molecular weight is 901 g/mol. The van der Waals surface area contributed by atoms with Crippen LogP contribution in [0.15, 0.2) is 145 Å². The number of alkyl halides is 9. The summed E-state index contributed by atoms with van der Waals surface area (Å²) in [6.07, 6.45) is -14.0. The quantitative estimate of drug-likeness (QED) is 0.130. The second kappa shape index (κ2) is 15.8. The van der Waals surface area contributed by atoms with Crippen molar-refractivity contribution < 1.29 is 39.5 Å². The fourth-order valence-corrected chi connectivity index (χ4v) is 8.82. The van der Waals surface area contributed by atoms with E-state index in [4.69, 9.17) is 0 Å². The number of allylic oxidation sites excluding steroid dienone is 2. The van der Waals surface area contributed by atoms with Gasteiger partial charge in [-0.15, -0.1) is 0 Å². The van der Waals surface area contributed by atoms with Crippen molar-refractivity contribution in [1.29, 1.82) is 21.0 Å². The van der Waals surface area contributed by atoms with E-state index in [2.05, 4.69) is 0 Å². The largest absolute Gasteiger partial charge is 0.416 e. The van der Waals surface area contributed by atoms with Crippen molar-refractivity contribution in [3.05, 3.63) is 189 Å². The van der Waals surface area contributed by atoms with Crippen LogP contribution >= 0.6 is 0 Å². The van der Waals surface area contributed by atoms with Crippen LogP contribution < -0.4 is 0 Å². The maximum absolute atomic E-state index is 13.7. The van der Waals surface area contributed by atoms with Gasteiger partial charge in [0.15, 0.2) is 0 Å². The third kappa shape index (κ3) is 7.47. The second-order valence-electron chi connectivity index (χ2n) is 15.9. The van der Waals surface area contributed by atoms with Gasteiger partial charge in [-0.25, -0.2) is 0 Å². The lowest BCUT2D eigenvalue weighted by Crippen LogP contribution is -2.04. The molecule has 0 saturated carbocycles. The molecule has 7 aromatic rings. The number of hydrogen-bond acceptors (Lipinski definition) is 4. The lowest BCUT2D eigenvalue weighted by atomic mass is 9.87. The minimum atomic E-state index is -4.68. The Morgan fingerprint density at radius 1 is 0.313 bits per heavy atom. The number of halogens is 9.